The van der Waals surface area contributed by atoms with E-state index in [1.807, 2.05) is 29.3 Å². The van der Waals surface area contributed by atoms with E-state index in [0.29, 0.717) is 12.1 Å². The van der Waals surface area contributed by atoms with E-state index in [0.717, 1.165) is 25.0 Å². The van der Waals surface area contributed by atoms with Crippen molar-refractivity contribution in [1.29, 1.82) is 0 Å². The fraction of sp³-hybridized carbons (Fsp3) is 0.300. The van der Waals surface area contributed by atoms with Crippen LogP contribution in [0.15, 0.2) is 54.9 Å². The van der Waals surface area contributed by atoms with Gasteiger partial charge in [-0.15, -0.1) is 0 Å². The van der Waals surface area contributed by atoms with Gasteiger partial charge in [0.05, 0.1) is 23.3 Å². The zero-order valence-electron chi connectivity index (χ0n) is 14.4. The average Bonchev–Trinajstić information content (AvgIpc) is 3.12. The summed E-state index contributed by atoms with van der Waals surface area (Å²) < 4.78 is 1.75. The number of aryl methyl sites for hydroxylation is 1. The molecule has 1 N–H and O–H groups in total. The first-order valence-corrected chi connectivity index (χ1v) is 8.81. The third kappa shape index (κ3) is 2.91. The van der Waals surface area contributed by atoms with Crippen LogP contribution in [0.1, 0.15) is 34.5 Å². The van der Waals surface area contributed by atoms with Crippen molar-refractivity contribution in [2.24, 2.45) is 0 Å². The van der Waals surface area contributed by atoms with E-state index >= 15 is 0 Å². The highest BCUT2D eigenvalue weighted by atomic mass is 16.2. The number of hydrogen-bond donors (Lipinski definition) is 1. The van der Waals surface area contributed by atoms with Crippen LogP contribution in [0.25, 0.3) is 5.52 Å². The largest absolute Gasteiger partial charge is 0.329 e. The van der Waals surface area contributed by atoms with Crippen LogP contribution >= 0.6 is 0 Å². The molecule has 1 fully saturated rings. The van der Waals surface area contributed by atoms with Gasteiger partial charge in [-0.2, -0.15) is 5.10 Å². The average molecular weight is 334 g/mol. The lowest BCUT2D eigenvalue weighted by molar-refractivity contribution is 0.0636. The quantitative estimate of drug-likeness (QED) is 0.801. The monoisotopic (exact) mass is 334 g/mol. The van der Waals surface area contributed by atoms with Crippen LogP contribution in [-0.2, 0) is 6.42 Å². The number of nitrogens with zero attached hydrogens (tertiary/aromatic N) is 3. The Hall–Kier alpha value is -2.66. The zero-order chi connectivity index (χ0) is 17.2. The maximum atomic E-state index is 13.2. The molecule has 3 aromatic rings. The van der Waals surface area contributed by atoms with Crippen molar-refractivity contribution in [3.63, 3.8) is 0 Å². The van der Waals surface area contributed by atoms with E-state index in [4.69, 9.17) is 0 Å². The Morgan fingerprint density at radius 1 is 1.24 bits per heavy atom. The molecule has 1 aliphatic rings. The molecule has 5 heteroatoms. The second-order valence-electron chi connectivity index (χ2n) is 6.40. The molecule has 5 nitrogen and oxygen atoms in total. The lowest BCUT2D eigenvalue weighted by atomic mass is 10.00. The van der Waals surface area contributed by atoms with Gasteiger partial charge < -0.3 is 10.2 Å². The molecule has 1 amide bonds. The van der Waals surface area contributed by atoms with Crippen molar-refractivity contribution < 1.29 is 4.79 Å². The summed E-state index contributed by atoms with van der Waals surface area (Å²) in [5.74, 6) is 0.0484. The van der Waals surface area contributed by atoms with Crippen LogP contribution in [0.3, 0.4) is 0 Å². The number of carbonyl (C=O) groups excluding carboxylic acids is 1. The number of carbonyl (C=O) groups is 1. The molecule has 25 heavy (non-hydrogen) atoms. The lowest BCUT2D eigenvalue weighted by Crippen LogP contribution is -2.48. The van der Waals surface area contributed by atoms with E-state index in [9.17, 15) is 4.79 Å². The Bertz CT molecular complexity index is 884. The number of aromatic nitrogens is 2. The van der Waals surface area contributed by atoms with E-state index in [-0.39, 0.29) is 11.9 Å². The summed E-state index contributed by atoms with van der Waals surface area (Å²) in [5.41, 5.74) is 4.01. The van der Waals surface area contributed by atoms with Crippen LogP contribution in [-0.4, -0.2) is 40.1 Å². The molecule has 0 radical (unpaired) electrons. The first kappa shape index (κ1) is 15.8. The molecule has 1 unspecified atom stereocenters. The minimum Gasteiger partial charge on any atom is -0.329 e. The van der Waals surface area contributed by atoms with Gasteiger partial charge in [-0.3, -0.25) is 4.79 Å². The Kier molecular flexibility index (Phi) is 4.24. The SMILES string of the molecule is CCc1ccc(C2CNCCN2C(=O)c2cnn3ccccc23)cc1. The summed E-state index contributed by atoms with van der Waals surface area (Å²) >= 11 is 0. The van der Waals surface area contributed by atoms with Gasteiger partial charge in [0.25, 0.3) is 5.91 Å². The van der Waals surface area contributed by atoms with Gasteiger partial charge in [0.1, 0.15) is 0 Å². The standard InChI is InChI=1S/C20H22N4O/c1-2-15-6-8-16(9-7-15)19-14-21-10-12-23(19)20(25)17-13-22-24-11-4-3-5-18(17)24/h3-9,11,13,19,21H,2,10,12,14H2,1H3. The second-order valence-corrected chi connectivity index (χ2v) is 6.40. The topological polar surface area (TPSA) is 49.6 Å². The van der Waals surface area contributed by atoms with E-state index in [2.05, 4.69) is 41.6 Å². The van der Waals surface area contributed by atoms with Crippen LogP contribution in [0.4, 0.5) is 0 Å². The molecule has 2 aromatic heterocycles. The molecular weight excluding hydrogens is 312 g/mol. The lowest BCUT2D eigenvalue weighted by Gasteiger charge is -2.36. The highest BCUT2D eigenvalue weighted by molar-refractivity contribution is 6.00. The fourth-order valence-electron chi connectivity index (χ4n) is 3.47. The van der Waals surface area contributed by atoms with Gasteiger partial charge in [-0.1, -0.05) is 37.3 Å². The van der Waals surface area contributed by atoms with Gasteiger partial charge in [-0.05, 0) is 29.7 Å². The molecule has 3 heterocycles. The van der Waals surface area contributed by atoms with Gasteiger partial charge in [0.15, 0.2) is 0 Å². The van der Waals surface area contributed by atoms with Gasteiger partial charge in [-0.25, -0.2) is 4.52 Å². The summed E-state index contributed by atoms with van der Waals surface area (Å²) in [6.07, 6.45) is 4.57. The molecule has 0 spiro atoms. The normalized spacial score (nSPS) is 17.8. The summed E-state index contributed by atoms with van der Waals surface area (Å²) in [6, 6.07) is 14.4. The number of rotatable bonds is 3. The highest BCUT2D eigenvalue weighted by Gasteiger charge is 2.30. The second kappa shape index (κ2) is 6.69. The Labute approximate surface area is 147 Å². The van der Waals surface area contributed by atoms with Crippen molar-refractivity contribution in [3.8, 4) is 0 Å². The molecule has 128 valence electrons. The first-order valence-electron chi connectivity index (χ1n) is 8.81. The van der Waals surface area contributed by atoms with Crippen molar-refractivity contribution >= 4 is 11.4 Å². The number of amides is 1. The maximum absolute atomic E-state index is 13.2. The van der Waals surface area contributed by atoms with Crippen molar-refractivity contribution in [2.75, 3.05) is 19.6 Å². The molecule has 1 atom stereocenters. The number of nitrogens with one attached hydrogen (secondary N) is 1. The summed E-state index contributed by atoms with van der Waals surface area (Å²) in [6.45, 7) is 4.44. The predicted octanol–water partition coefficient (Wildman–Crippen LogP) is 2.68. The Morgan fingerprint density at radius 3 is 2.88 bits per heavy atom. The van der Waals surface area contributed by atoms with Crippen molar-refractivity contribution in [3.05, 3.63) is 71.5 Å². The number of piperazine rings is 1. The summed E-state index contributed by atoms with van der Waals surface area (Å²) in [5, 5.41) is 7.72. The summed E-state index contributed by atoms with van der Waals surface area (Å²) in [4.78, 5) is 15.2. The Balaban J connectivity index is 1.67. The zero-order valence-corrected chi connectivity index (χ0v) is 14.4. The number of benzene rings is 1. The molecule has 0 saturated carbocycles. The van der Waals surface area contributed by atoms with Crippen LogP contribution in [0, 0.1) is 0 Å². The van der Waals surface area contributed by atoms with E-state index in [1.165, 1.54) is 11.1 Å². The van der Waals surface area contributed by atoms with Gasteiger partial charge in [0, 0.05) is 25.8 Å². The fourth-order valence-corrected chi connectivity index (χ4v) is 3.47. The molecular formula is C20H22N4O. The van der Waals surface area contributed by atoms with Crippen LogP contribution in [0.5, 0.6) is 0 Å². The maximum Gasteiger partial charge on any atom is 0.258 e. The van der Waals surface area contributed by atoms with Crippen LogP contribution < -0.4 is 5.32 Å². The van der Waals surface area contributed by atoms with Gasteiger partial charge in [0.2, 0.25) is 0 Å². The minimum atomic E-state index is 0.0471. The molecule has 1 aromatic carbocycles. The third-order valence-corrected chi connectivity index (χ3v) is 4.93. The molecule has 0 aliphatic carbocycles. The Morgan fingerprint density at radius 2 is 2.08 bits per heavy atom. The number of hydrogen-bond acceptors (Lipinski definition) is 3. The van der Waals surface area contributed by atoms with Crippen molar-refractivity contribution in [1.82, 2.24) is 19.8 Å². The molecule has 0 bridgehead atoms. The summed E-state index contributed by atoms with van der Waals surface area (Å²) in [7, 11) is 0. The number of pyridine rings is 1. The first-order chi connectivity index (χ1) is 12.3. The van der Waals surface area contributed by atoms with Gasteiger partial charge >= 0.3 is 0 Å². The van der Waals surface area contributed by atoms with Crippen LogP contribution in [0.2, 0.25) is 0 Å². The van der Waals surface area contributed by atoms with E-state index < -0.39 is 0 Å². The molecule has 1 aliphatic heterocycles. The molecule has 4 rings (SSSR count). The predicted molar refractivity (Wildman–Crippen MR) is 97.7 cm³/mol. The highest BCUT2D eigenvalue weighted by Crippen LogP contribution is 2.26. The third-order valence-electron chi connectivity index (χ3n) is 4.93. The minimum absolute atomic E-state index is 0.0471. The van der Waals surface area contributed by atoms with E-state index in [1.54, 1.807) is 10.7 Å². The molecule has 1 saturated heterocycles. The number of fused-ring (bicyclic) bond motifs is 1. The smallest absolute Gasteiger partial charge is 0.258 e. The van der Waals surface area contributed by atoms with Crippen molar-refractivity contribution in [2.45, 2.75) is 19.4 Å².